The number of anilines is 1. The molecule has 0 fully saturated rings. The molecule has 29 heavy (non-hydrogen) atoms. The van der Waals surface area contributed by atoms with Crippen molar-refractivity contribution in [3.8, 4) is 5.75 Å². The zero-order chi connectivity index (χ0) is 20.5. The van der Waals surface area contributed by atoms with Crippen molar-refractivity contribution in [2.45, 2.75) is 19.4 Å². The van der Waals surface area contributed by atoms with Crippen LogP contribution in [0.5, 0.6) is 5.75 Å². The molecule has 0 saturated heterocycles. The number of aromatic nitrogens is 5. The number of hydrogen-bond acceptors (Lipinski definition) is 6. The van der Waals surface area contributed by atoms with Gasteiger partial charge in [-0.2, -0.15) is 10.2 Å². The van der Waals surface area contributed by atoms with Gasteiger partial charge in [-0.1, -0.05) is 0 Å². The van der Waals surface area contributed by atoms with Crippen molar-refractivity contribution in [2.24, 2.45) is 13.0 Å². The summed E-state index contributed by atoms with van der Waals surface area (Å²) in [5.41, 5.74) is 0.599. The summed E-state index contributed by atoms with van der Waals surface area (Å²) in [5.74, 6) is 1.51. The first-order valence-electron chi connectivity index (χ1n) is 9.61. The number of likely N-dealkylation sites (N-methyl/N-ethyl adjacent to an activating group) is 1. The molecule has 1 amide bonds. The summed E-state index contributed by atoms with van der Waals surface area (Å²) >= 11 is 0. The molecule has 2 N–H and O–H groups in total. The van der Waals surface area contributed by atoms with E-state index in [0.29, 0.717) is 31.8 Å². The van der Waals surface area contributed by atoms with Crippen LogP contribution in [0.4, 0.5) is 5.82 Å². The molecule has 1 aromatic carbocycles. The molecule has 1 atom stereocenters. The Morgan fingerprint density at radius 3 is 3.03 bits per heavy atom. The maximum absolute atomic E-state index is 12.8. The van der Waals surface area contributed by atoms with E-state index in [1.165, 1.54) is 4.68 Å². The van der Waals surface area contributed by atoms with E-state index < -0.39 is 0 Å². The van der Waals surface area contributed by atoms with E-state index in [9.17, 15) is 9.59 Å². The average Bonchev–Trinajstić information content (AvgIpc) is 3.21. The molecule has 0 spiro atoms. The number of carbonyl (C=O) groups is 1. The zero-order valence-corrected chi connectivity index (χ0v) is 16.8. The third kappa shape index (κ3) is 3.88. The van der Waals surface area contributed by atoms with Crippen molar-refractivity contribution in [3.63, 3.8) is 0 Å². The molecule has 0 bridgehead atoms. The van der Waals surface area contributed by atoms with Crippen LogP contribution in [0.1, 0.15) is 12.2 Å². The number of fused-ring (bicyclic) bond motifs is 2. The quantitative estimate of drug-likeness (QED) is 0.628. The Morgan fingerprint density at radius 2 is 2.24 bits per heavy atom. The Morgan fingerprint density at radius 1 is 1.41 bits per heavy atom. The normalized spacial score (nSPS) is 16.2. The van der Waals surface area contributed by atoms with E-state index in [0.717, 1.165) is 29.0 Å². The molecule has 1 aliphatic rings. The van der Waals surface area contributed by atoms with Gasteiger partial charge in [-0.15, -0.1) is 0 Å². The summed E-state index contributed by atoms with van der Waals surface area (Å²) in [6.07, 6.45) is 1.25. The second-order valence-electron chi connectivity index (χ2n) is 7.59. The molecule has 4 rings (SSSR count). The average molecular weight is 399 g/mol. The fourth-order valence-electron chi connectivity index (χ4n) is 3.50. The molecule has 3 heterocycles. The van der Waals surface area contributed by atoms with Crippen LogP contribution >= 0.6 is 0 Å². The van der Waals surface area contributed by atoms with Gasteiger partial charge in [0.1, 0.15) is 18.2 Å². The maximum atomic E-state index is 12.8. The molecule has 2 aromatic heterocycles. The van der Waals surface area contributed by atoms with Crippen LogP contribution in [0.25, 0.3) is 10.9 Å². The second-order valence-corrected chi connectivity index (χ2v) is 7.59. The van der Waals surface area contributed by atoms with Gasteiger partial charge in [0, 0.05) is 38.0 Å². The van der Waals surface area contributed by atoms with E-state index >= 15 is 0 Å². The maximum Gasteiger partial charge on any atom is 0.345 e. The lowest BCUT2D eigenvalue weighted by molar-refractivity contribution is -0.120. The third-order valence-electron chi connectivity index (χ3n) is 5.16. The molecule has 1 unspecified atom stereocenters. The van der Waals surface area contributed by atoms with Crippen molar-refractivity contribution >= 4 is 22.6 Å². The third-order valence-corrected chi connectivity index (χ3v) is 5.16. The number of hydrogen-bond donors (Lipinski definition) is 2. The largest absolute Gasteiger partial charge is 0.492 e. The highest BCUT2D eigenvalue weighted by atomic mass is 16.5. The van der Waals surface area contributed by atoms with Gasteiger partial charge in [-0.05, 0) is 32.6 Å². The van der Waals surface area contributed by atoms with Gasteiger partial charge in [0.15, 0.2) is 5.82 Å². The fourth-order valence-corrected chi connectivity index (χ4v) is 3.50. The second kappa shape index (κ2) is 7.70. The Labute approximate surface area is 167 Å². The van der Waals surface area contributed by atoms with Crippen LogP contribution in [0, 0.1) is 5.92 Å². The minimum absolute atomic E-state index is 0.147. The lowest BCUT2D eigenvalue weighted by Gasteiger charge is -2.21. The van der Waals surface area contributed by atoms with Crippen LogP contribution in [0.15, 0.2) is 23.0 Å². The number of aromatic amines is 1. The van der Waals surface area contributed by atoms with Crippen molar-refractivity contribution in [3.05, 3.63) is 34.5 Å². The van der Waals surface area contributed by atoms with Crippen LogP contribution in [-0.4, -0.2) is 62.6 Å². The van der Waals surface area contributed by atoms with Gasteiger partial charge >= 0.3 is 5.69 Å². The van der Waals surface area contributed by atoms with E-state index in [-0.39, 0.29) is 17.5 Å². The van der Waals surface area contributed by atoms with Gasteiger partial charge in [0.25, 0.3) is 0 Å². The SMILES string of the molecule is CN(C)CCOc1ccc2c(NC(=O)C3CCc4nn(C)c(=O)n4C3)n[nH]c2c1. The van der Waals surface area contributed by atoms with Crippen LogP contribution < -0.4 is 15.7 Å². The first-order valence-corrected chi connectivity index (χ1v) is 9.61. The van der Waals surface area contributed by atoms with Crippen molar-refractivity contribution in [2.75, 3.05) is 32.6 Å². The lowest BCUT2D eigenvalue weighted by Crippen LogP contribution is -2.35. The van der Waals surface area contributed by atoms with Crippen molar-refractivity contribution < 1.29 is 9.53 Å². The number of ether oxygens (including phenoxy) is 1. The van der Waals surface area contributed by atoms with Gasteiger partial charge in [0.05, 0.1) is 11.4 Å². The summed E-state index contributed by atoms with van der Waals surface area (Å²) in [5, 5.41) is 15.1. The van der Waals surface area contributed by atoms with Crippen molar-refractivity contribution in [1.82, 2.24) is 29.4 Å². The number of carbonyl (C=O) groups excluding carboxylic acids is 1. The Balaban J connectivity index is 1.44. The van der Waals surface area contributed by atoms with E-state index in [4.69, 9.17) is 4.74 Å². The van der Waals surface area contributed by atoms with Crippen LogP contribution in [0.3, 0.4) is 0 Å². The molecule has 10 nitrogen and oxygen atoms in total. The standard InChI is InChI=1S/C19H25N7O3/c1-24(2)8-9-29-13-5-6-14-15(10-13)21-22-17(14)20-18(27)12-4-7-16-23-25(3)19(28)26(16)11-12/h5-6,10,12H,4,7-9,11H2,1-3H3,(H2,20,21,22,27). The molecule has 0 saturated carbocycles. The first-order chi connectivity index (χ1) is 13.9. The minimum atomic E-state index is -0.301. The smallest absolute Gasteiger partial charge is 0.345 e. The Hall–Kier alpha value is -3.14. The number of H-pyrrole nitrogens is 1. The summed E-state index contributed by atoms with van der Waals surface area (Å²) in [4.78, 5) is 26.9. The predicted octanol–water partition coefficient (Wildman–Crippen LogP) is 0.600. The van der Waals surface area contributed by atoms with E-state index in [2.05, 4.69) is 25.5 Å². The summed E-state index contributed by atoms with van der Waals surface area (Å²) < 4.78 is 8.63. The zero-order valence-electron chi connectivity index (χ0n) is 16.8. The van der Waals surface area contributed by atoms with E-state index in [1.54, 1.807) is 11.6 Å². The highest BCUT2D eigenvalue weighted by Gasteiger charge is 2.28. The van der Waals surface area contributed by atoms with Crippen molar-refractivity contribution in [1.29, 1.82) is 0 Å². The van der Waals surface area contributed by atoms with Gasteiger partial charge in [0.2, 0.25) is 5.91 Å². The number of benzene rings is 1. The van der Waals surface area contributed by atoms with E-state index in [1.807, 2.05) is 32.3 Å². The van der Waals surface area contributed by atoms with Gasteiger partial charge < -0.3 is 15.0 Å². The lowest BCUT2D eigenvalue weighted by atomic mass is 9.98. The number of nitrogens with zero attached hydrogens (tertiary/aromatic N) is 5. The predicted molar refractivity (Wildman–Crippen MR) is 108 cm³/mol. The molecule has 10 heteroatoms. The molecule has 1 aliphatic heterocycles. The Kier molecular flexibility index (Phi) is 5.10. The fraction of sp³-hybridized carbons (Fsp3) is 0.474. The highest BCUT2D eigenvalue weighted by molar-refractivity contribution is 6.00. The van der Waals surface area contributed by atoms with Crippen LogP contribution in [0.2, 0.25) is 0 Å². The topological polar surface area (TPSA) is 110 Å². The number of rotatable bonds is 6. The molecular weight excluding hydrogens is 374 g/mol. The summed E-state index contributed by atoms with van der Waals surface area (Å²) in [6.45, 7) is 1.75. The molecular formula is C19H25N7O3. The monoisotopic (exact) mass is 399 g/mol. The molecule has 0 aliphatic carbocycles. The number of amides is 1. The van der Waals surface area contributed by atoms with Crippen LogP contribution in [-0.2, 0) is 24.8 Å². The first kappa shape index (κ1) is 19.2. The minimum Gasteiger partial charge on any atom is -0.492 e. The molecule has 3 aromatic rings. The van der Waals surface area contributed by atoms with Gasteiger partial charge in [-0.3, -0.25) is 14.5 Å². The Bertz CT molecular complexity index is 1100. The summed E-state index contributed by atoms with van der Waals surface area (Å²) in [7, 11) is 5.61. The molecule has 0 radical (unpaired) electrons. The summed E-state index contributed by atoms with van der Waals surface area (Å²) in [6, 6.07) is 5.62. The number of nitrogens with one attached hydrogen (secondary N) is 2. The number of aryl methyl sites for hydroxylation is 2. The van der Waals surface area contributed by atoms with Gasteiger partial charge in [-0.25, -0.2) is 9.48 Å². The molecule has 154 valence electrons. The highest BCUT2D eigenvalue weighted by Crippen LogP contribution is 2.26.